The zero-order valence-corrected chi connectivity index (χ0v) is 9.90. The van der Waals surface area contributed by atoms with Gasteiger partial charge < -0.3 is 9.97 Å². The van der Waals surface area contributed by atoms with Crippen molar-refractivity contribution in [3.8, 4) is 0 Å². The second-order valence-electron chi connectivity index (χ2n) is 4.15. The van der Waals surface area contributed by atoms with Crippen molar-refractivity contribution in [2.75, 3.05) is 0 Å². The molecule has 0 aliphatic rings. The van der Waals surface area contributed by atoms with Crippen LogP contribution < -0.4 is 11.1 Å². The standard InChI is InChI=1S/C14H14N2O2/c1-10(8-11-4-2-6-15-13(11)17)9-12-5-3-7-16-14(12)18/h2-7H,1,8-9H2,(H,15,17)(H,16,18). The zero-order chi connectivity index (χ0) is 13.0. The molecule has 0 unspecified atom stereocenters. The average Bonchev–Trinajstić information content (AvgIpc) is 2.35. The van der Waals surface area contributed by atoms with Crippen LogP contribution in [-0.2, 0) is 12.8 Å². The molecule has 0 aliphatic carbocycles. The average molecular weight is 242 g/mol. The van der Waals surface area contributed by atoms with Crippen LogP contribution in [-0.4, -0.2) is 9.97 Å². The zero-order valence-electron chi connectivity index (χ0n) is 9.90. The Balaban J connectivity index is 2.11. The van der Waals surface area contributed by atoms with E-state index in [2.05, 4.69) is 16.5 Å². The van der Waals surface area contributed by atoms with Gasteiger partial charge in [-0.2, -0.15) is 0 Å². The third kappa shape index (κ3) is 2.85. The van der Waals surface area contributed by atoms with Crippen molar-refractivity contribution in [3.63, 3.8) is 0 Å². The normalized spacial score (nSPS) is 10.2. The van der Waals surface area contributed by atoms with E-state index in [4.69, 9.17) is 0 Å². The van der Waals surface area contributed by atoms with Gasteiger partial charge in [-0.1, -0.05) is 24.3 Å². The summed E-state index contributed by atoms with van der Waals surface area (Å²) in [6.45, 7) is 3.92. The monoisotopic (exact) mass is 242 g/mol. The predicted molar refractivity (Wildman–Crippen MR) is 70.7 cm³/mol. The molecule has 0 spiro atoms. The first-order chi connectivity index (χ1) is 8.66. The van der Waals surface area contributed by atoms with Gasteiger partial charge >= 0.3 is 0 Å². The summed E-state index contributed by atoms with van der Waals surface area (Å²) in [5, 5.41) is 0. The Morgan fingerprint density at radius 1 is 0.944 bits per heavy atom. The Kier molecular flexibility index (Phi) is 3.57. The van der Waals surface area contributed by atoms with E-state index >= 15 is 0 Å². The number of rotatable bonds is 4. The van der Waals surface area contributed by atoms with Crippen LogP contribution >= 0.6 is 0 Å². The molecule has 0 fully saturated rings. The summed E-state index contributed by atoms with van der Waals surface area (Å²) in [5.74, 6) is 0. The molecule has 0 saturated carbocycles. The molecule has 2 aromatic rings. The van der Waals surface area contributed by atoms with E-state index < -0.39 is 0 Å². The van der Waals surface area contributed by atoms with E-state index in [1.807, 2.05) is 0 Å². The molecule has 0 radical (unpaired) electrons. The predicted octanol–water partition coefficient (Wildman–Crippen LogP) is 1.40. The number of pyridine rings is 2. The summed E-state index contributed by atoms with van der Waals surface area (Å²) in [7, 11) is 0. The van der Waals surface area contributed by atoms with Crippen LogP contribution in [0.4, 0.5) is 0 Å². The number of H-pyrrole nitrogens is 2. The summed E-state index contributed by atoms with van der Waals surface area (Å²) < 4.78 is 0. The van der Waals surface area contributed by atoms with E-state index in [1.54, 1.807) is 36.7 Å². The highest BCUT2D eigenvalue weighted by Crippen LogP contribution is 2.06. The van der Waals surface area contributed by atoms with Crippen molar-refractivity contribution in [3.05, 3.63) is 80.6 Å². The van der Waals surface area contributed by atoms with Crippen LogP contribution in [0.25, 0.3) is 0 Å². The maximum atomic E-state index is 11.5. The molecular formula is C14H14N2O2. The molecule has 0 bridgehead atoms. The molecule has 0 amide bonds. The van der Waals surface area contributed by atoms with Crippen LogP contribution in [0.1, 0.15) is 11.1 Å². The number of aromatic nitrogens is 2. The Hall–Kier alpha value is -2.36. The Labute approximate surface area is 104 Å². The minimum atomic E-state index is -0.111. The van der Waals surface area contributed by atoms with Crippen LogP contribution in [0.2, 0.25) is 0 Å². The van der Waals surface area contributed by atoms with E-state index in [0.717, 1.165) is 5.57 Å². The molecule has 2 rings (SSSR count). The number of allylic oxidation sites excluding steroid dienone is 1. The van der Waals surface area contributed by atoms with Crippen molar-refractivity contribution >= 4 is 0 Å². The van der Waals surface area contributed by atoms with Crippen molar-refractivity contribution < 1.29 is 0 Å². The van der Waals surface area contributed by atoms with Crippen molar-refractivity contribution in [1.82, 2.24) is 9.97 Å². The first-order valence-corrected chi connectivity index (χ1v) is 5.66. The maximum absolute atomic E-state index is 11.5. The third-order valence-electron chi connectivity index (χ3n) is 2.68. The van der Waals surface area contributed by atoms with Gasteiger partial charge in [-0.25, -0.2) is 0 Å². The van der Waals surface area contributed by atoms with Gasteiger partial charge in [0.05, 0.1) is 0 Å². The van der Waals surface area contributed by atoms with Crippen LogP contribution in [0.5, 0.6) is 0 Å². The van der Waals surface area contributed by atoms with Gasteiger partial charge in [-0.05, 0) is 25.0 Å². The van der Waals surface area contributed by atoms with E-state index in [-0.39, 0.29) is 11.1 Å². The molecule has 4 nitrogen and oxygen atoms in total. The van der Waals surface area contributed by atoms with Crippen LogP contribution in [0.3, 0.4) is 0 Å². The molecule has 92 valence electrons. The topological polar surface area (TPSA) is 65.7 Å². The number of aromatic amines is 2. The van der Waals surface area contributed by atoms with Gasteiger partial charge in [-0.15, -0.1) is 0 Å². The lowest BCUT2D eigenvalue weighted by Crippen LogP contribution is -2.15. The van der Waals surface area contributed by atoms with Gasteiger partial charge in [0.15, 0.2) is 0 Å². The highest BCUT2D eigenvalue weighted by Gasteiger charge is 2.05. The first-order valence-electron chi connectivity index (χ1n) is 5.66. The van der Waals surface area contributed by atoms with Crippen LogP contribution in [0.15, 0.2) is 58.4 Å². The van der Waals surface area contributed by atoms with Crippen molar-refractivity contribution in [2.24, 2.45) is 0 Å². The van der Waals surface area contributed by atoms with E-state index in [1.165, 1.54) is 0 Å². The lowest BCUT2D eigenvalue weighted by Gasteiger charge is -2.04. The quantitative estimate of drug-likeness (QED) is 0.796. The summed E-state index contributed by atoms with van der Waals surface area (Å²) in [6.07, 6.45) is 4.14. The highest BCUT2D eigenvalue weighted by molar-refractivity contribution is 5.22. The summed E-state index contributed by atoms with van der Waals surface area (Å²) in [6, 6.07) is 7.08. The molecular weight excluding hydrogens is 228 g/mol. The molecule has 0 saturated heterocycles. The minimum absolute atomic E-state index is 0.111. The Morgan fingerprint density at radius 2 is 1.39 bits per heavy atom. The lowest BCUT2D eigenvalue weighted by atomic mass is 10.0. The largest absolute Gasteiger partial charge is 0.329 e. The first kappa shape index (κ1) is 12.1. The molecule has 4 heteroatoms. The third-order valence-corrected chi connectivity index (χ3v) is 2.68. The maximum Gasteiger partial charge on any atom is 0.251 e. The van der Waals surface area contributed by atoms with E-state index in [9.17, 15) is 9.59 Å². The summed E-state index contributed by atoms with van der Waals surface area (Å²) in [5.41, 5.74) is 1.94. The van der Waals surface area contributed by atoms with Gasteiger partial charge in [0.1, 0.15) is 0 Å². The van der Waals surface area contributed by atoms with Gasteiger partial charge in [0.2, 0.25) is 0 Å². The fourth-order valence-corrected chi connectivity index (χ4v) is 1.79. The van der Waals surface area contributed by atoms with Crippen molar-refractivity contribution in [2.45, 2.75) is 12.8 Å². The smallest absolute Gasteiger partial charge is 0.251 e. The SMILES string of the molecule is C=C(Cc1ccc[nH]c1=O)Cc1ccc[nH]c1=O. The molecule has 0 atom stereocenters. The van der Waals surface area contributed by atoms with Gasteiger partial charge in [0, 0.05) is 23.5 Å². The minimum Gasteiger partial charge on any atom is -0.329 e. The second kappa shape index (κ2) is 5.31. The Morgan fingerprint density at radius 3 is 1.78 bits per heavy atom. The second-order valence-corrected chi connectivity index (χ2v) is 4.15. The molecule has 2 aromatic heterocycles. The summed E-state index contributed by atoms with van der Waals surface area (Å²) >= 11 is 0. The van der Waals surface area contributed by atoms with Crippen molar-refractivity contribution in [1.29, 1.82) is 0 Å². The lowest BCUT2D eigenvalue weighted by molar-refractivity contribution is 0.989. The number of nitrogens with one attached hydrogen (secondary N) is 2. The fraction of sp³-hybridized carbons (Fsp3) is 0.143. The molecule has 2 heterocycles. The number of hydrogen-bond donors (Lipinski definition) is 2. The van der Waals surface area contributed by atoms with Gasteiger partial charge in [0.25, 0.3) is 11.1 Å². The molecule has 2 N–H and O–H groups in total. The van der Waals surface area contributed by atoms with Gasteiger partial charge in [-0.3, -0.25) is 9.59 Å². The molecule has 0 aromatic carbocycles. The molecule has 0 aliphatic heterocycles. The summed E-state index contributed by atoms with van der Waals surface area (Å²) in [4.78, 5) is 28.3. The van der Waals surface area contributed by atoms with Crippen LogP contribution in [0, 0.1) is 0 Å². The highest BCUT2D eigenvalue weighted by atomic mass is 16.1. The van der Waals surface area contributed by atoms with E-state index in [0.29, 0.717) is 24.0 Å². The number of hydrogen-bond acceptors (Lipinski definition) is 2. The molecule has 18 heavy (non-hydrogen) atoms. The Bertz CT molecular complexity index is 610. The fourth-order valence-electron chi connectivity index (χ4n) is 1.79.